The fraction of sp³-hybridized carbons (Fsp3) is 0.0833. The van der Waals surface area contributed by atoms with Gasteiger partial charge in [-0.3, -0.25) is 0 Å². The molecule has 1 heterocycles. The highest BCUT2D eigenvalue weighted by atomic mass is 79.9. The van der Waals surface area contributed by atoms with Crippen LogP contribution in [0.25, 0.3) is 0 Å². The summed E-state index contributed by atoms with van der Waals surface area (Å²) in [6.07, 6.45) is 1.41. The molecule has 2 rings (SSSR count). The van der Waals surface area contributed by atoms with Crippen molar-refractivity contribution in [3.05, 3.63) is 46.3 Å². The van der Waals surface area contributed by atoms with Crippen LogP contribution in [-0.2, 0) is 6.54 Å². The van der Waals surface area contributed by atoms with Crippen molar-refractivity contribution in [2.24, 2.45) is 0 Å². The van der Waals surface area contributed by atoms with Gasteiger partial charge in [0, 0.05) is 10.5 Å². The number of hydrogen-bond donors (Lipinski definition) is 3. The van der Waals surface area contributed by atoms with Gasteiger partial charge in [-0.25, -0.2) is 9.59 Å². The molecule has 0 bridgehead atoms. The minimum atomic E-state index is -1.03. The molecule has 0 unspecified atom stereocenters. The van der Waals surface area contributed by atoms with Crippen LogP contribution in [-0.4, -0.2) is 22.3 Å². The van der Waals surface area contributed by atoms with E-state index in [1.165, 1.54) is 24.5 Å². The molecule has 2 amide bonds. The second-order valence-electron chi connectivity index (χ2n) is 3.80. The van der Waals surface area contributed by atoms with Gasteiger partial charge in [0.05, 0.1) is 17.8 Å². The molecule has 0 aliphatic carbocycles. The quantitative estimate of drug-likeness (QED) is 0.793. The zero-order valence-corrected chi connectivity index (χ0v) is 11.7. The fourth-order valence-electron chi connectivity index (χ4n) is 1.42. The first-order chi connectivity index (χ1) is 9.56. The average molecular weight is 340 g/mol. The van der Waals surface area contributed by atoms with Crippen LogP contribution in [0.3, 0.4) is 0 Å². The number of urea groups is 1. The lowest BCUT2D eigenvalue weighted by Crippen LogP contribution is -2.28. The topological polar surface area (TPSA) is 104 Å². The van der Waals surface area contributed by atoms with Crippen LogP contribution in [0.15, 0.2) is 39.5 Å². The SMILES string of the molecule is O=C(NCc1ccon1)Nc1ccc(C(=O)O)cc1Br. The number of halogens is 1. The fourth-order valence-corrected chi connectivity index (χ4v) is 1.89. The van der Waals surface area contributed by atoms with Crippen LogP contribution < -0.4 is 10.6 Å². The summed E-state index contributed by atoms with van der Waals surface area (Å²) in [5.74, 6) is -1.03. The molecule has 0 spiro atoms. The van der Waals surface area contributed by atoms with Crippen LogP contribution in [0, 0.1) is 0 Å². The first-order valence-electron chi connectivity index (χ1n) is 5.53. The van der Waals surface area contributed by atoms with Crippen molar-refractivity contribution >= 4 is 33.6 Å². The van der Waals surface area contributed by atoms with Gasteiger partial charge in [0.25, 0.3) is 0 Å². The van der Waals surface area contributed by atoms with Crippen molar-refractivity contribution in [1.82, 2.24) is 10.5 Å². The molecule has 0 radical (unpaired) electrons. The van der Waals surface area contributed by atoms with E-state index in [9.17, 15) is 9.59 Å². The molecule has 3 N–H and O–H groups in total. The molecule has 0 saturated heterocycles. The first kappa shape index (κ1) is 14.1. The third-order valence-electron chi connectivity index (χ3n) is 2.39. The lowest BCUT2D eigenvalue weighted by molar-refractivity contribution is 0.0697. The average Bonchev–Trinajstić information content (AvgIpc) is 2.91. The van der Waals surface area contributed by atoms with Crippen molar-refractivity contribution in [3.63, 3.8) is 0 Å². The second-order valence-corrected chi connectivity index (χ2v) is 4.65. The number of carbonyl (C=O) groups is 2. The Labute approximate surface area is 122 Å². The number of benzene rings is 1. The van der Waals surface area contributed by atoms with Crippen molar-refractivity contribution in [2.75, 3.05) is 5.32 Å². The third kappa shape index (κ3) is 3.58. The molecule has 20 heavy (non-hydrogen) atoms. The number of nitrogens with zero attached hydrogens (tertiary/aromatic N) is 1. The van der Waals surface area contributed by atoms with Crippen LogP contribution in [0.1, 0.15) is 16.1 Å². The van der Waals surface area contributed by atoms with Crippen molar-refractivity contribution in [1.29, 1.82) is 0 Å². The largest absolute Gasteiger partial charge is 0.478 e. The summed E-state index contributed by atoms with van der Waals surface area (Å²) in [6.45, 7) is 0.229. The Morgan fingerprint density at radius 3 is 2.75 bits per heavy atom. The monoisotopic (exact) mass is 339 g/mol. The van der Waals surface area contributed by atoms with E-state index >= 15 is 0 Å². The number of carboxylic acids is 1. The van der Waals surface area contributed by atoms with E-state index in [-0.39, 0.29) is 12.1 Å². The molecule has 1 aromatic heterocycles. The molecule has 0 fully saturated rings. The Balaban J connectivity index is 1.95. The summed E-state index contributed by atoms with van der Waals surface area (Å²) in [7, 11) is 0. The zero-order chi connectivity index (χ0) is 14.5. The van der Waals surface area contributed by atoms with Crippen LogP contribution in [0.2, 0.25) is 0 Å². The molecule has 0 aliphatic heterocycles. The van der Waals surface area contributed by atoms with Crippen molar-refractivity contribution < 1.29 is 19.2 Å². The molecule has 0 saturated carbocycles. The summed E-state index contributed by atoms with van der Waals surface area (Å²) in [5.41, 5.74) is 1.19. The number of aromatic nitrogens is 1. The van der Waals surface area contributed by atoms with Gasteiger partial charge in [0.2, 0.25) is 0 Å². The third-order valence-corrected chi connectivity index (χ3v) is 3.04. The Bertz CT molecular complexity index is 628. The van der Waals surface area contributed by atoms with Crippen LogP contribution >= 0.6 is 15.9 Å². The molecule has 0 aliphatic rings. The summed E-state index contributed by atoms with van der Waals surface area (Å²) >= 11 is 3.20. The Hall–Kier alpha value is -2.35. The van der Waals surface area contributed by atoms with E-state index in [1.807, 2.05) is 0 Å². The van der Waals surface area contributed by atoms with Gasteiger partial charge in [-0.05, 0) is 34.1 Å². The maximum absolute atomic E-state index is 11.7. The predicted molar refractivity (Wildman–Crippen MR) is 73.5 cm³/mol. The second kappa shape index (κ2) is 6.20. The molecular weight excluding hydrogens is 330 g/mol. The zero-order valence-electron chi connectivity index (χ0n) is 10.1. The molecule has 104 valence electrons. The van der Waals surface area contributed by atoms with Gasteiger partial charge in [0.1, 0.15) is 12.0 Å². The lowest BCUT2D eigenvalue weighted by Gasteiger charge is -2.08. The highest BCUT2D eigenvalue weighted by Gasteiger charge is 2.09. The number of anilines is 1. The van der Waals surface area contributed by atoms with Crippen LogP contribution in [0.5, 0.6) is 0 Å². The maximum atomic E-state index is 11.7. The van der Waals surface area contributed by atoms with E-state index in [0.717, 1.165) is 0 Å². The summed E-state index contributed by atoms with van der Waals surface area (Å²) in [6, 6.07) is 5.52. The van der Waals surface area contributed by atoms with E-state index in [0.29, 0.717) is 15.9 Å². The molecule has 0 atom stereocenters. The number of nitrogens with one attached hydrogen (secondary N) is 2. The number of aromatic carboxylic acids is 1. The van der Waals surface area contributed by atoms with Gasteiger partial charge in [-0.1, -0.05) is 5.16 Å². The van der Waals surface area contributed by atoms with Crippen molar-refractivity contribution in [3.8, 4) is 0 Å². The molecule has 2 aromatic rings. The van der Waals surface area contributed by atoms with Gasteiger partial charge in [-0.2, -0.15) is 0 Å². The highest BCUT2D eigenvalue weighted by molar-refractivity contribution is 9.10. The Morgan fingerprint density at radius 1 is 1.35 bits per heavy atom. The standard InChI is InChI=1S/C12H10BrN3O4/c13-9-5-7(11(17)18)1-2-10(9)15-12(19)14-6-8-3-4-20-16-8/h1-5H,6H2,(H,17,18)(H2,14,15,19). The number of amides is 2. The number of carboxylic acid groups (broad SMARTS) is 1. The first-order valence-corrected chi connectivity index (χ1v) is 6.32. The molecule has 7 nitrogen and oxygen atoms in total. The summed E-state index contributed by atoms with van der Waals surface area (Å²) in [4.78, 5) is 22.4. The van der Waals surface area contributed by atoms with Gasteiger partial charge in [-0.15, -0.1) is 0 Å². The smallest absolute Gasteiger partial charge is 0.335 e. The Morgan fingerprint density at radius 2 is 2.15 bits per heavy atom. The van der Waals surface area contributed by atoms with Gasteiger partial charge >= 0.3 is 12.0 Å². The Kier molecular flexibility index (Phi) is 4.36. The minimum Gasteiger partial charge on any atom is -0.478 e. The van der Waals surface area contributed by atoms with E-state index in [2.05, 4.69) is 36.2 Å². The maximum Gasteiger partial charge on any atom is 0.335 e. The van der Waals surface area contributed by atoms with Gasteiger partial charge in [0.15, 0.2) is 0 Å². The number of carbonyl (C=O) groups excluding carboxylic acids is 1. The normalized spacial score (nSPS) is 10.1. The molecule has 1 aromatic carbocycles. The number of rotatable bonds is 4. The number of hydrogen-bond acceptors (Lipinski definition) is 4. The summed E-state index contributed by atoms with van der Waals surface area (Å²) in [5, 5.41) is 17.7. The van der Waals surface area contributed by atoms with E-state index in [1.54, 1.807) is 6.07 Å². The van der Waals surface area contributed by atoms with Crippen LogP contribution in [0.4, 0.5) is 10.5 Å². The van der Waals surface area contributed by atoms with Crippen molar-refractivity contribution in [2.45, 2.75) is 6.54 Å². The minimum absolute atomic E-state index is 0.130. The van der Waals surface area contributed by atoms with E-state index in [4.69, 9.17) is 5.11 Å². The predicted octanol–water partition coefficient (Wildman–Crippen LogP) is 2.46. The highest BCUT2D eigenvalue weighted by Crippen LogP contribution is 2.23. The lowest BCUT2D eigenvalue weighted by atomic mass is 10.2. The van der Waals surface area contributed by atoms with E-state index < -0.39 is 12.0 Å². The molecule has 8 heteroatoms. The van der Waals surface area contributed by atoms with Gasteiger partial charge < -0.3 is 20.3 Å². The summed E-state index contributed by atoms with van der Waals surface area (Å²) < 4.78 is 5.12. The molecular formula is C12H10BrN3O4.